The summed E-state index contributed by atoms with van der Waals surface area (Å²) in [6, 6.07) is 0.737. The highest BCUT2D eigenvalue weighted by atomic mass is 32.1. The van der Waals surface area contributed by atoms with Gasteiger partial charge in [-0.15, -0.1) is 0 Å². The summed E-state index contributed by atoms with van der Waals surface area (Å²) >= 11 is 5.03. The summed E-state index contributed by atoms with van der Waals surface area (Å²) in [6.45, 7) is 6.52. The number of hydrogen-bond acceptors (Lipinski definition) is 2. The van der Waals surface area contributed by atoms with Gasteiger partial charge in [-0.05, 0) is 18.8 Å². The Morgan fingerprint density at radius 3 is 2.53 bits per heavy atom. The van der Waals surface area contributed by atoms with Gasteiger partial charge in [0.2, 0.25) is 0 Å². The van der Waals surface area contributed by atoms with Crippen LogP contribution in [0.25, 0.3) is 0 Å². The SMILES string of the molecule is CCC(C)CN(CC(N)=S)C1CCCC1. The second-order valence-corrected chi connectivity index (χ2v) is 5.37. The van der Waals surface area contributed by atoms with Crippen molar-refractivity contribution in [2.24, 2.45) is 11.7 Å². The molecule has 0 spiro atoms. The van der Waals surface area contributed by atoms with Crippen LogP contribution in [0, 0.1) is 5.92 Å². The largest absolute Gasteiger partial charge is 0.392 e. The molecule has 88 valence electrons. The second-order valence-electron chi connectivity index (χ2n) is 4.85. The first-order valence-electron chi connectivity index (χ1n) is 6.15. The molecule has 0 aromatic heterocycles. The van der Waals surface area contributed by atoms with E-state index in [1.165, 1.54) is 32.1 Å². The van der Waals surface area contributed by atoms with E-state index in [0.717, 1.165) is 25.0 Å². The van der Waals surface area contributed by atoms with Gasteiger partial charge in [0, 0.05) is 19.1 Å². The molecule has 3 heteroatoms. The third-order valence-corrected chi connectivity index (χ3v) is 3.57. The van der Waals surface area contributed by atoms with Gasteiger partial charge in [-0.2, -0.15) is 0 Å². The van der Waals surface area contributed by atoms with Gasteiger partial charge in [-0.25, -0.2) is 0 Å². The molecule has 1 rings (SSSR count). The predicted molar refractivity (Wildman–Crippen MR) is 70.1 cm³/mol. The molecule has 2 nitrogen and oxygen atoms in total. The van der Waals surface area contributed by atoms with Gasteiger partial charge in [0.05, 0.1) is 4.99 Å². The number of hydrogen-bond donors (Lipinski definition) is 1. The molecule has 1 saturated carbocycles. The maximum absolute atomic E-state index is 5.67. The van der Waals surface area contributed by atoms with Crippen LogP contribution >= 0.6 is 12.2 Å². The normalized spacial score (nSPS) is 19.7. The molecule has 0 amide bonds. The van der Waals surface area contributed by atoms with Crippen LogP contribution in [-0.2, 0) is 0 Å². The van der Waals surface area contributed by atoms with Gasteiger partial charge in [-0.3, -0.25) is 4.90 Å². The topological polar surface area (TPSA) is 29.3 Å². The van der Waals surface area contributed by atoms with E-state index in [2.05, 4.69) is 18.7 Å². The number of nitrogens with zero attached hydrogens (tertiary/aromatic N) is 1. The van der Waals surface area contributed by atoms with Crippen molar-refractivity contribution in [1.29, 1.82) is 0 Å². The molecule has 1 atom stereocenters. The fourth-order valence-corrected chi connectivity index (χ4v) is 2.51. The summed E-state index contributed by atoms with van der Waals surface area (Å²) in [5.74, 6) is 0.750. The Balaban J connectivity index is 2.47. The Kier molecular flexibility index (Phi) is 5.54. The first kappa shape index (κ1) is 12.9. The maximum atomic E-state index is 5.67. The van der Waals surface area contributed by atoms with Crippen LogP contribution in [-0.4, -0.2) is 29.0 Å². The zero-order valence-corrected chi connectivity index (χ0v) is 10.9. The second kappa shape index (κ2) is 6.44. The molecule has 15 heavy (non-hydrogen) atoms. The molecule has 0 saturated heterocycles. The van der Waals surface area contributed by atoms with Gasteiger partial charge in [0.25, 0.3) is 0 Å². The van der Waals surface area contributed by atoms with Crippen LogP contribution in [0.4, 0.5) is 0 Å². The third kappa shape index (κ3) is 4.47. The van der Waals surface area contributed by atoms with Gasteiger partial charge in [0.1, 0.15) is 0 Å². The molecule has 0 bridgehead atoms. The molecule has 0 aromatic carbocycles. The molecule has 0 radical (unpaired) electrons. The molecule has 0 heterocycles. The molecule has 1 fully saturated rings. The highest BCUT2D eigenvalue weighted by Gasteiger charge is 2.23. The standard InChI is InChI=1S/C12H24N2S/c1-3-10(2)8-14(9-12(13)15)11-6-4-5-7-11/h10-11H,3-9H2,1-2H3,(H2,13,15). The summed E-state index contributed by atoms with van der Waals surface area (Å²) in [6.07, 6.45) is 6.65. The Bertz CT molecular complexity index is 200. The fraction of sp³-hybridized carbons (Fsp3) is 0.917. The van der Waals surface area contributed by atoms with Crippen molar-refractivity contribution in [3.8, 4) is 0 Å². The van der Waals surface area contributed by atoms with Gasteiger partial charge in [0.15, 0.2) is 0 Å². The highest BCUT2D eigenvalue weighted by Crippen LogP contribution is 2.24. The van der Waals surface area contributed by atoms with E-state index >= 15 is 0 Å². The van der Waals surface area contributed by atoms with Crippen molar-refractivity contribution in [1.82, 2.24) is 4.90 Å². The lowest BCUT2D eigenvalue weighted by molar-refractivity contribution is 0.196. The lowest BCUT2D eigenvalue weighted by atomic mass is 10.1. The Labute approximate surface area is 99.2 Å². The molecular weight excluding hydrogens is 204 g/mol. The first-order chi connectivity index (χ1) is 7.13. The lowest BCUT2D eigenvalue weighted by Gasteiger charge is -2.30. The summed E-state index contributed by atoms with van der Waals surface area (Å²) in [5.41, 5.74) is 5.67. The van der Waals surface area contributed by atoms with E-state index in [1.54, 1.807) is 0 Å². The summed E-state index contributed by atoms with van der Waals surface area (Å²) in [4.78, 5) is 3.15. The fourth-order valence-electron chi connectivity index (χ4n) is 2.34. The van der Waals surface area contributed by atoms with Crippen LogP contribution in [0.1, 0.15) is 46.0 Å². The lowest BCUT2D eigenvalue weighted by Crippen LogP contribution is -2.41. The van der Waals surface area contributed by atoms with E-state index in [9.17, 15) is 0 Å². The van der Waals surface area contributed by atoms with Crippen LogP contribution < -0.4 is 5.73 Å². The average molecular weight is 228 g/mol. The number of rotatable bonds is 6. The van der Waals surface area contributed by atoms with Crippen molar-refractivity contribution in [3.63, 3.8) is 0 Å². The monoisotopic (exact) mass is 228 g/mol. The third-order valence-electron chi connectivity index (χ3n) is 3.44. The van der Waals surface area contributed by atoms with Crippen molar-refractivity contribution in [3.05, 3.63) is 0 Å². The number of thiocarbonyl (C=S) groups is 1. The molecule has 1 unspecified atom stereocenters. The van der Waals surface area contributed by atoms with Crippen molar-refractivity contribution in [2.45, 2.75) is 52.0 Å². The zero-order valence-electron chi connectivity index (χ0n) is 10.0. The van der Waals surface area contributed by atoms with E-state index in [1.807, 2.05) is 0 Å². The minimum atomic E-state index is 0.644. The van der Waals surface area contributed by atoms with Crippen molar-refractivity contribution < 1.29 is 0 Å². The first-order valence-corrected chi connectivity index (χ1v) is 6.56. The Morgan fingerprint density at radius 1 is 1.47 bits per heavy atom. The Hall–Kier alpha value is -0.150. The van der Waals surface area contributed by atoms with Crippen LogP contribution in [0.3, 0.4) is 0 Å². The van der Waals surface area contributed by atoms with E-state index in [-0.39, 0.29) is 0 Å². The van der Waals surface area contributed by atoms with E-state index in [0.29, 0.717) is 4.99 Å². The predicted octanol–water partition coefficient (Wildman–Crippen LogP) is 2.56. The van der Waals surface area contributed by atoms with Gasteiger partial charge >= 0.3 is 0 Å². The zero-order chi connectivity index (χ0) is 11.3. The molecular formula is C12H24N2S. The van der Waals surface area contributed by atoms with Crippen LogP contribution in [0.5, 0.6) is 0 Å². The maximum Gasteiger partial charge on any atom is 0.0870 e. The molecule has 0 aromatic rings. The average Bonchev–Trinajstić information content (AvgIpc) is 2.68. The minimum absolute atomic E-state index is 0.644. The molecule has 2 N–H and O–H groups in total. The van der Waals surface area contributed by atoms with Crippen LogP contribution in [0.2, 0.25) is 0 Å². The van der Waals surface area contributed by atoms with Crippen molar-refractivity contribution >= 4 is 17.2 Å². The highest BCUT2D eigenvalue weighted by molar-refractivity contribution is 7.80. The van der Waals surface area contributed by atoms with Gasteiger partial charge < -0.3 is 5.73 Å². The number of nitrogens with two attached hydrogens (primary N) is 1. The quantitative estimate of drug-likeness (QED) is 0.709. The van der Waals surface area contributed by atoms with E-state index < -0.39 is 0 Å². The van der Waals surface area contributed by atoms with Crippen LogP contribution in [0.15, 0.2) is 0 Å². The Morgan fingerprint density at radius 2 is 2.07 bits per heavy atom. The summed E-state index contributed by atoms with van der Waals surface area (Å²) in [5, 5.41) is 0. The molecule has 1 aliphatic rings. The molecule has 0 aliphatic heterocycles. The summed E-state index contributed by atoms with van der Waals surface area (Å²) < 4.78 is 0. The summed E-state index contributed by atoms with van der Waals surface area (Å²) in [7, 11) is 0. The van der Waals surface area contributed by atoms with E-state index in [4.69, 9.17) is 18.0 Å². The van der Waals surface area contributed by atoms with Crippen molar-refractivity contribution in [2.75, 3.05) is 13.1 Å². The molecule has 1 aliphatic carbocycles. The minimum Gasteiger partial charge on any atom is -0.392 e. The van der Waals surface area contributed by atoms with Gasteiger partial charge in [-0.1, -0.05) is 45.3 Å². The smallest absolute Gasteiger partial charge is 0.0870 e.